The molecule has 3 rings (SSSR count). The molecule has 0 aliphatic carbocycles. The monoisotopic (exact) mass is 318 g/mol. The van der Waals surface area contributed by atoms with Crippen molar-refractivity contribution in [2.24, 2.45) is 0 Å². The van der Waals surface area contributed by atoms with Crippen molar-refractivity contribution < 1.29 is 4.92 Å². The minimum atomic E-state index is -0.565. The summed E-state index contributed by atoms with van der Waals surface area (Å²) in [5.74, 6) is 0.337. The molecule has 6 heteroatoms. The molecule has 1 N–H and O–H groups in total. The third kappa shape index (κ3) is 3.01. The summed E-state index contributed by atoms with van der Waals surface area (Å²) in [7, 11) is 0. The Morgan fingerprint density at radius 1 is 1.21 bits per heavy atom. The largest absolute Gasteiger partial charge is 0.362 e. The minimum absolute atomic E-state index is 0.101. The fourth-order valence-electron chi connectivity index (χ4n) is 2.52. The summed E-state index contributed by atoms with van der Waals surface area (Å²) < 4.78 is 0. The number of nitro groups is 1. The van der Waals surface area contributed by atoms with Crippen LogP contribution >= 0.6 is 0 Å². The van der Waals surface area contributed by atoms with E-state index in [0.717, 1.165) is 22.5 Å². The molecule has 24 heavy (non-hydrogen) atoms. The maximum Gasteiger partial charge on any atom is 0.289 e. The Labute approximate surface area is 138 Å². The van der Waals surface area contributed by atoms with Crippen LogP contribution in [-0.2, 0) is 0 Å². The molecule has 0 aliphatic heterocycles. The van der Waals surface area contributed by atoms with Crippen LogP contribution in [0.4, 0.5) is 11.5 Å². The van der Waals surface area contributed by atoms with Crippen LogP contribution in [0.1, 0.15) is 24.1 Å². The molecule has 0 spiro atoms. The van der Waals surface area contributed by atoms with Crippen LogP contribution in [0.25, 0.3) is 10.8 Å². The number of pyridine rings is 1. The summed E-state index contributed by atoms with van der Waals surface area (Å²) >= 11 is 0. The van der Waals surface area contributed by atoms with E-state index in [-0.39, 0.29) is 17.3 Å². The zero-order chi connectivity index (χ0) is 17.1. The molecule has 3 aromatic rings. The number of anilines is 1. The average molecular weight is 318 g/mol. The number of rotatable bonds is 4. The molecule has 1 heterocycles. The second-order valence-electron chi connectivity index (χ2n) is 5.43. The highest BCUT2D eigenvalue weighted by atomic mass is 16.6. The van der Waals surface area contributed by atoms with Crippen molar-refractivity contribution in [1.29, 1.82) is 5.26 Å². The van der Waals surface area contributed by atoms with Gasteiger partial charge in [0, 0.05) is 6.07 Å². The lowest BCUT2D eigenvalue weighted by Crippen LogP contribution is -2.09. The lowest BCUT2D eigenvalue weighted by atomic mass is 10.0. The number of hydrogen-bond acceptors (Lipinski definition) is 5. The van der Waals surface area contributed by atoms with E-state index in [1.807, 2.05) is 49.4 Å². The summed E-state index contributed by atoms with van der Waals surface area (Å²) in [4.78, 5) is 14.2. The van der Waals surface area contributed by atoms with Gasteiger partial charge in [-0.05, 0) is 29.3 Å². The van der Waals surface area contributed by atoms with Gasteiger partial charge < -0.3 is 5.32 Å². The molecule has 0 unspecified atom stereocenters. The Kier molecular flexibility index (Phi) is 4.08. The van der Waals surface area contributed by atoms with E-state index in [1.165, 1.54) is 6.07 Å². The van der Waals surface area contributed by atoms with Crippen molar-refractivity contribution in [3.05, 3.63) is 76.0 Å². The summed E-state index contributed by atoms with van der Waals surface area (Å²) in [6.07, 6.45) is 1.15. The Balaban J connectivity index is 1.89. The Bertz CT molecular complexity index is 963. The lowest BCUT2D eigenvalue weighted by Gasteiger charge is -2.16. The standard InChI is InChI=1S/C18H14N4O2/c1-12(14-7-6-13-4-2-3-5-15(13)8-14)21-18-16(10-19)9-17(11-20-18)22(23)24/h2-9,11-12H,1H3,(H,20,21)/t12-/m0/s1. The van der Waals surface area contributed by atoms with Gasteiger partial charge in [-0.25, -0.2) is 4.98 Å². The second-order valence-corrected chi connectivity index (χ2v) is 5.43. The molecule has 6 nitrogen and oxygen atoms in total. The van der Waals surface area contributed by atoms with E-state index in [9.17, 15) is 15.4 Å². The van der Waals surface area contributed by atoms with Gasteiger partial charge in [-0.2, -0.15) is 5.26 Å². The van der Waals surface area contributed by atoms with Gasteiger partial charge in [-0.15, -0.1) is 0 Å². The van der Waals surface area contributed by atoms with Crippen LogP contribution in [-0.4, -0.2) is 9.91 Å². The quantitative estimate of drug-likeness (QED) is 0.575. The average Bonchev–Trinajstić information content (AvgIpc) is 2.61. The van der Waals surface area contributed by atoms with E-state index in [4.69, 9.17) is 0 Å². The van der Waals surface area contributed by atoms with E-state index >= 15 is 0 Å². The molecular formula is C18H14N4O2. The Morgan fingerprint density at radius 3 is 2.67 bits per heavy atom. The first-order valence-electron chi connectivity index (χ1n) is 7.38. The Morgan fingerprint density at radius 2 is 1.96 bits per heavy atom. The molecule has 0 saturated carbocycles. The maximum atomic E-state index is 10.8. The molecule has 1 atom stereocenters. The van der Waals surface area contributed by atoms with E-state index in [1.54, 1.807) is 0 Å². The van der Waals surface area contributed by atoms with Crippen molar-refractivity contribution in [2.45, 2.75) is 13.0 Å². The molecule has 1 aromatic heterocycles. The number of fused-ring (bicyclic) bond motifs is 1. The fourth-order valence-corrected chi connectivity index (χ4v) is 2.52. The summed E-state index contributed by atoms with van der Waals surface area (Å²) in [6, 6.07) is 17.2. The van der Waals surface area contributed by atoms with Gasteiger partial charge in [0.15, 0.2) is 0 Å². The zero-order valence-corrected chi connectivity index (χ0v) is 12.9. The van der Waals surface area contributed by atoms with Gasteiger partial charge in [0.25, 0.3) is 5.69 Å². The third-order valence-electron chi connectivity index (χ3n) is 3.83. The van der Waals surface area contributed by atoms with Crippen LogP contribution in [0.3, 0.4) is 0 Å². The van der Waals surface area contributed by atoms with Gasteiger partial charge in [-0.3, -0.25) is 10.1 Å². The summed E-state index contributed by atoms with van der Waals surface area (Å²) in [6.45, 7) is 1.95. The van der Waals surface area contributed by atoms with Gasteiger partial charge in [-0.1, -0.05) is 36.4 Å². The fraction of sp³-hybridized carbons (Fsp3) is 0.111. The van der Waals surface area contributed by atoms with E-state index in [2.05, 4.69) is 16.4 Å². The molecule has 2 aromatic carbocycles. The predicted octanol–water partition coefficient (Wildman–Crippen LogP) is 4.19. The van der Waals surface area contributed by atoms with Crippen LogP contribution in [0.15, 0.2) is 54.7 Å². The summed E-state index contributed by atoms with van der Waals surface area (Å²) in [5, 5.41) is 25.4. The highest BCUT2D eigenvalue weighted by Gasteiger charge is 2.14. The van der Waals surface area contributed by atoms with Crippen molar-refractivity contribution >= 4 is 22.3 Å². The smallest absolute Gasteiger partial charge is 0.289 e. The molecule has 118 valence electrons. The van der Waals surface area contributed by atoms with Gasteiger partial charge in [0.2, 0.25) is 0 Å². The Hall–Kier alpha value is -3.46. The van der Waals surface area contributed by atoms with Crippen molar-refractivity contribution in [1.82, 2.24) is 4.98 Å². The summed E-state index contributed by atoms with van der Waals surface area (Å²) in [5.41, 5.74) is 0.991. The highest BCUT2D eigenvalue weighted by molar-refractivity contribution is 5.83. The number of hydrogen-bond donors (Lipinski definition) is 1. The topological polar surface area (TPSA) is 91.8 Å². The number of nitrogens with one attached hydrogen (secondary N) is 1. The molecular weight excluding hydrogens is 304 g/mol. The maximum absolute atomic E-state index is 10.8. The third-order valence-corrected chi connectivity index (χ3v) is 3.83. The normalized spacial score (nSPS) is 11.7. The van der Waals surface area contributed by atoms with Crippen molar-refractivity contribution in [3.63, 3.8) is 0 Å². The minimum Gasteiger partial charge on any atom is -0.362 e. The van der Waals surface area contributed by atoms with Gasteiger partial charge >= 0.3 is 0 Å². The number of nitriles is 1. The number of benzene rings is 2. The van der Waals surface area contributed by atoms with E-state index < -0.39 is 4.92 Å². The first-order chi connectivity index (χ1) is 11.6. The first kappa shape index (κ1) is 15.4. The molecule has 0 aliphatic rings. The molecule has 0 radical (unpaired) electrons. The second kappa shape index (κ2) is 6.34. The lowest BCUT2D eigenvalue weighted by molar-refractivity contribution is -0.385. The van der Waals surface area contributed by atoms with Gasteiger partial charge in [0.1, 0.15) is 23.6 Å². The van der Waals surface area contributed by atoms with Crippen LogP contribution < -0.4 is 5.32 Å². The van der Waals surface area contributed by atoms with Gasteiger partial charge in [0.05, 0.1) is 11.0 Å². The molecule has 0 bridgehead atoms. The number of aromatic nitrogens is 1. The molecule has 0 saturated heterocycles. The first-order valence-corrected chi connectivity index (χ1v) is 7.38. The van der Waals surface area contributed by atoms with Crippen LogP contribution in [0.5, 0.6) is 0 Å². The molecule has 0 amide bonds. The van der Waals surface area contributed by atoms with Crippen molar-refractivity contribution in [3.8, 4) is 6.07 Å². The highest BCUT2D eigenvalue weighted by Crippen LogP contribution is 2.25. The van der Waals surface area contributed by atoms with Crippen LogP contribution in [0, 0.1) is 21.4 Å². The predicted molar refractivity (Wildman–Crippen MR) is 91.6 cm³/mol. The van der Waals surface area contributed by atoms with Crippen molar-refractivity contribution in [2.75, 3.05) is 5.32 Å². The SMILES string of the molecule is C[C@H](Nc1ncc([N+](=O)[O-])cc1C#N)c1ccc2ccccc2c1. The number of nitrogens with zero attached hydrogens (tertiary/aromatic N) is 3. The van der Waals surface area contributed by atoms with Crippen LogP contribution in [0.2, 0.25) is 0 Å². The zero-order valence-electron chi connectivity index (χ0n) is 12.9. The molecule has 0 fully saturated rings. The van der Waals surface area contributed by atoms with E-state index in [0.29, 0.717) is 5.82 Å².